The molecule has 0 aliphatic heterocycles. The fourth-order valence-corrected chi connectivity index (χ4v) is 2.14. The molecular weight excluding hydrogens is 260 g/mol. The third kappa shape index (κ3) is 2.12. The molecule has 0 saturated heterocycles. The quantitative estimate of drug-likeness (QED) is 0.580. The fourth-order valence-electron chi connectivity index (χ4n) is 1.76. The van der Waals surface area contributed by atoms with Gasteiger partial charge in [0.2, 0.25) is 0 Å². The summed E-state index contributed by atoms with van der Waals surface area (Å²) < 4.78 is 1.93. The highest BCUT2D eigenvalue weighted by molar-refractivity contribution is 7.98. The third-order valence-electron chi connectivity index (χ3n) is 2.72. The van der Waals surface area contributed by atoms with Crippen LogP contribution in [0.25, 0.3) is 17.2 Å². The standard InChI is InChI=1S/C12H12N6S/c1-13-9-7-18-8(5-16-10(18)6-15-9)12-14-4-3-11(17-12)19-2/h3-7,13H,1-2H3. The van der Waals surface area contributed by atoms with Crippen molar-refractivity contribution in [1.82, 2.24) is 24.3 Å². The van der Waals surface area contributed by atoms with Gasteiger partial charge in [0.1, 0.15) is 11.5 Å². The molecule has 1 N–H and O–H groups in total. The van der Waals surface area contributed by atoms with Crippen molar-refractivity contribution in [3.05, 3.63) is 30.9 Å². The Bertz CT molecular complexity index is 723. The third-order valence-corrected chi connectivity index (χ3v) is 3.37. The van der Waals surface area contributed by atoms with Crippen LogP contribution < -0.4 is 5.32 Å². The lowest BCUT2D eigenvalue weighted by Crippen LogP contribution is -1.98. The predicted molar refractivity (Wildman–Crippen MR) is 75.3 cm³/mol. The van der Waals surface area contributed by atoms with E-state index in [-0.39, 0.29) is 0 Å². The number of nitrogens with zero attached hydrogens (tertiary/aromatic N) is 5. The summed E-state index contributed by atoms with van der Waals surface area (Å²) in [6, 6.07) is 1.89. The average Bonchev–Trinajstić information content (AvgIpc) is 2.90. The van der Waals surface area contributed by atoms with Crippen LogP contribution >= 0.6 is 11.8 Å². The first kappa shape index (κ1) is 11.9. The van der Waals surface area contributed by atoms with Crippen LogP contribution in [0, 0.1) is 0 Å². The van der Waals surface area contributed by atoms with Gasteiger partial charge in [-0.1, -0.05) is 0 Å². The van der Waals surface area contributed by atoms with Crippen LogP contribution in [0.1, 0.15) is 0 Å². The van der Waals surface area contributed by atoms with Gasteiger partial charge in [0.25, 0.3) is 0 Å². The lowest BCUT2D eigenvalue weighted by atomic mass is 10.4. The number of anilines is 1. The minimum absolute atomic E-state index is 0.660. The molecule has 3 rings (SSSR count). The number of fused-ring (bicyclic) bond motifs is 1. The Morgan fingerprint density at radius 1 is 1.21 bits per heavy atom. The van der Waals surface area contributed by atoms with Gasteiger partial charge in [-0.2, -0.15) is 0 Å². The summed E-state index contributed by atoms with van der Waals surface area (Å²) in [6.45, 7) is 0. The van der Waals surface area contributed by atoms with Crippen molar-refractivity contribution in [3.63, 3.8) is 0 Å². The van der Waals surface area contributed by atoms with E-state index in [1.807, 2.05) is 30.0 Å². The second-order valence-corrected chi connectivity index (χ2v) is 4.64. The summed E-state index contributed by atoms with van der Waals surface area (Å²) in [6.07, 6.45) is 9.10. The number of rotatable bonds is 3. The van der Waals surface area contributed by atoms with Crippen molar-refractivity contribution in [2.45, 2.75) is 5.03 Å². The van der Waals surface area contributed by atoms with Crippen LogP contribution in [-0.2, 0) is 0 Å². The van der Waals surface area contributed by atoms with Crippen molar-refractivity contribution in [1.29, 1.82) is 0 Å². The Morgan fingerprint density at radius 3 is 2.89 bits per heavy atom. The van der Waals surface area contributed by atoms with Gasteiger partial charge >= 0.3 is 0 Å². The van der Waals surface area contributed by atoms with Crippen molar-refractivity contribution in [2.24, 2.45) is 0 Å². The van der Waals surface area contributed by atoms with E-state index in [1.54, 1.807) is 30.4 Å². The lowest BCUT2D eigenvalue weighted by Gasteiger charge is -2.04. The molecule has 0 saturated carbocycles. The fraction of sp³-hybridized carbons (Fsp3) is 0.167. The summed E-state index contributed by atoms with van der Waals surface area (Å²) in [5.74, 6) is 1.43. The number of hydrogen-bond acceptors (Lipinski definition) is 6. The molecule has 0 fully saturated rings. The number of hydrogen-bond donors (Lipinski definition) is 1. The first-order valence-corrected chi connectivity index (χ1v) is 6.92. The second kappa shape index (κ2) is 4.85. The largest absolute Gasteiger partial charge is 0.372 e. The highest BCUT2D eigenvalue weighted by Gasteiger charge is 2.10. The van der Waals surface area contributed by atoms with Crippen LogP contribution in [0.2, 0.25) is 0 Å². The van der Waals surface area contributed by atoms with Gasteiger partial charge < -0.3 is 5.32 Å². The van der Waals surface area contributed by atoms with Crippen molar-refractivity contribution >= 4 is 23.2 Å². The first-order valence-electron chi connectivity index (χ1n) is 5.70. The van der Waals surface area contributed by atoms with E-state index >= 15 is 0 Å². The molecule has 0 aliphatic rings. The molecule has 0 atom stereocenters. The predicted octanol–water partition coefficient (Wildman–Crippen LogP) is 1.95. The molecule has 7 heteroatoms. The second-order valence-electron chi connectivity index (χ2n) is 3.82. The van der Waals surface area contributed by atoms with Crippen LogP contribution in [-0.4, -0.2) is 37.6 Å². The lowest BCUT2D eigenvalue weighted by molar-refractivity contribution is 1.03. The Kier molecular flexibility index (Phi) is 3.04. The Hall–Kier alpha value is -2.15. The van der Waals surface area contributed by atoms with E-state index in [1.165, 1.54) is 0 Å². The molecule has 0 radical (unpaired) electrons. The van der Waals surface area contributed by atoms with E-state index in [9.17, 15) is 0 Å². The van der Waals surface area contributed by atoms with E-state index in [4.69, 9.17) is 0 Å². The minimum atomic E-state index is 0.660. The van der Waals surface area contributed by atoms with Gasteiger partial charge in [0.05, 0.1) is 23.6 Å². The van der Waals surface area contributed by atoms with Crippen LogP contribution in [0.5, 0.6) is 0 Å². The molecule has 6 nitrogen and oxygen atoms in total. The number of imidazole rings is 1. The zero-order valence-corrected chi connectivity index (χ0v) is 11.3. The zero-order valence-electron chi connectivity index (χ0n) is 10.5. The molecule has 19 heavy (non-hydrogen) atoms. The normalized spacial score (nSPS) is 10.8. The first-order chi connectivity index (χ1) is 9.31. The van der Waals surface area contributed by atoms with Gasteiger partial charge in [-0.25, -0.2) is 19.9 Å². The van der Waals surface area contributed by atoms with Gasteiger partial charge in [0.15, 0.2) is 11.5 Å². The molecule has 0 unspecified atom stereocenters. The molecule has 0 aliphatic carbocycles. The average molecular weight is 272 g/mol. The smallest absolute Gasteiger partial charge is 0.179 e. The summed E-state index contributed by atoms with van der Waals surface area (Å²) in [5.41, 5.74) is 1.62. The molecule has 3 aromatic rings. The highest BCUT2D eigenvalue weighted by Crippen LogP contribution is 2.20. The molecule has 0 amide bonds. The van der Waals surface area contributed by atoms with E-state index < -0.39 is 0 Å². The molecular formula is C12H12N6S. The summed E-state index contributed by atoms with van der Waals surface area (Å²) in [7, 11) is 1.83. The summed E-state index contributed by atoms with van der Waals surface area (Å²) >= 11 is 1.59. The Balaban J connectivity index is 2.18. The molecule has 0 aromatic carbocycles. The molecule has 3 aromatic heterocycles. The maximum atomic E-state index is 4.49. The van der Waals surface area contributed by atoms with E-state index in [0.29, 0.717) is 5.82 Å². The van der Waals surface area contributed by atoms with Gasteiger partial charge in [-0.15, -0.1) is 11.8 Å². The summed E-state index contributed by atoms with van der Waals surface area (Å²) in [5, 5.41) is 3.94. The van der Waals surface area contributed by atoms with Crippen LogP contribution in [0.3, 0.4) is 0 Å². The van der Waals surface area contributed by atoms with Crippen molar-refractivity contribution in [2.75, 3.05) is 18.6 Å². The monoisotopic (exact) mass is 272 g/mol. The van der Waals surface area contributed by atoms with Crippen molar-refractivity contribution < 1.29 is 0 Å². The molecule has 0 spiro atoms. The van der Waals surface area contributed by atoms with Gasteiger partial charge in [-0.3, -0.25) is 4.40 Å². The van der Waals surface area contributed by atoms with Gasteiger partial charge in [-0.05, 0) is 12.3 Å². The van der Waals surface area contributed by atoms with Crippen LogP contribution in [0.15, 0.2) is 35.9 Å². The minimum Gasteiger partial charge on any atom is -0.372 e. The van der Waals surface area contributed by atoms with E-state index in [0.717, 1.165) is 22.2 Å². The van der Waals surface area contributed by atoms with E-state index in [2.05, 4.69) is 25.3 Å². The summed E-state index contributed by atoms with van der Waals surface area (Å²) in [4.78, 5) is 17.3. The molecule has 0 bridgehead atoms. The SMILES string of the molecule is CNc1cn2c(-c3nccc(SC)n3)cnc2cn1. The Morgan fingerprint density at radius 2 is 2.11 bits per heavy atom. The van der Waals surface area contributed by atoms with Crippen LogP contribution in [0.4, 0.5) is 5.82 Å². The van der Waals surface area contributed by atoms with Crippen molar-refractivity contribution in [3.8, 4) is 11.5 Å². The molecule has 96 valence electrons. The maximum absolute atomic E-state index is 4.49. The topological polar surface area (TPSA) is 68.0 Å². The van der Waals surface area contributed by atoms with Gasteiger partial charge in [0, 0.05) is 13.2 Å². The zero-order chi connectivity index (χ0) is 13.2. The maximum Gasteiger partial charge on any atom is 0.179 e. The number of aromatic nitrogens is 5. The Labute approximate surface area is 114 Å². The number of thioether (sulfide) groups is 1. The highest BCUT2D eigenvalue weighted by atomic mass is 32.2. The number of nitrogens with one attached hydrogen (secondary N) is 1. The molecule has 3 heterocycles.